The third-order valence-electron chi connectivity index (χ3n) is 1.60. The highest BCUT2D eigenvalue weighted by Gasteiger charge is 1.97. The highest BCUT2D eigenvalue weighted by molar-refractivity contribution is 5.81. The lowest BCUT2D eigenvalue weighted by molar-refractivity contribution is 0.549. The molecule has 0 unspecified atom stereocenters. The zero-order chi connectivity index (χ0) is 7.68. The summed E-state index contributed by atoms with van der Waals surface area (Å²) in [5.41, 5.74) is 1.70. The van der Waals surface area contributed by atoms with E-state index in [2.05, 4.69) is 4.98 Å². The molecule has 0 amide bonds. The van der Waals surface area contributed by atoms with E-state index < -0.39 is 0 Å². The number of hydrogen-bond donors (Lipinski definition) is 0. The van der Waals surface area contributed by atoms with Crippen LogP contribution in [-0.4, -0.2) is 16.0 Å². The zero-order valence-electron chi connectivity index (χ0n) is 5.77. The summed E-state index contributed by atoms with van der Waals surface area (Å²) in [6, 6.07) is 5.48. The standard InChI is InChI=1S/C8H6N2O/c11-6-10-5-3-7-8(10)2-1-4-9-7/h1-6H. The molecular formula is C8H6N2O. The molecule has 0 bridgehead atoms. The third kappa shape index (κ3) is 0.816. The Labute approximate surface area is 63.3 Å². The van der Waals surface area contributed by atoms with E-state index in [0.29, 0.717) is 0 Å². The topological polar surface area (TPSA) is 34.9 Å². The van der Waals surface area contributed by atoms with Gasteiger partial charge in [0.05, 0.1) is 11.0 Å². The summed E-state index contributed by atoms with van der Waals surface area (Å²) in [6.45, 7) is 0. The molecule has 0 atom stereocenters. The Kier molecular flexibility index (Phi) is 1.22. The van der Waals surface area contributed by atoms with E-state index in [4.69, 9.17) is 0 Å². The predicted molar refractivity (Wildman–Crippen MR) is 41.9 cm³/mol. The summed E-state index contributed by atoms with van der Waals surface area (Å²) in [7, 11) is 0. The maximum absolute atomic E-state index is 10.4. The molecule has 0 saturated heterocycles. The van der Waals surface area contributed by atoms with Crippen LogP contribution in [0.5, 0.6) is 0 Å². The van der Waals surface area contributed by atoms with Crippen molar-refractivity contribution in [3.05, 3.63) is 30.6 Å². The van der Waals surface area contributed by atoms with Crippen molar-refractivity contribution < 1.29 is 4.79 Å². The van der Waals surface area contributed by atoms with Crippen LogP contribution in [0.4, 0.5) is 0 Å². The molecule has 0 fully saturated rings. The van der Waals surface area contributed by atoms with Crippen molar-refractivity contribution in [3.63, 3.8) is 0 Å². The quantitative estimate of drug-likeness (QED) is 0.564. The molecule has 0 saturated carbocycles. The van der Waals surface area contributed by atoms with E-state index >= 15 is 0 Å². The van der Waals surface area contributed by atoms with Gasteiger partial charge in [0.1, 0.15) is 0 Å². The highest BCUT2D eigenvalue weighted by Crippen LogP contribution is 2.09. The van der Waals surface area contributed by atoms with Crippen LogP contribution in [0.15, 0.2) is 30.6 Å². The van der Waals surface area contributed by atoms with Crippen LogP contribution >= 0.6 is 0 Å². The van der Waals surface area contributed by atoms with Gasteiger partial charge in [0.25, 0.3) is 0 Å². The van der Waals surface area contributed by atoms with Gasteiger partial charge in [-0.15, -0.1) is 0 Å². The molecule has 2 aromatic rings. The Morgan fingerprint density at radius 3 is 3.18 bits per heavy atom. The second-order valence-electron chi connectivity index (χ2n) is 2.24. The number of rotatable bonds is 1. The van der Waals surface area contributed by atoms with E-state index in [1.165, 1.54) is 4.57 Å². The molecule has 3 nitrogen and oxygen atoms in total. The Hall–Kier alpha value is -1.64. The molecule has 0 aliphatic heterocycles. The van der Waals surface area contributed by atoms with Crippen LogP contribution in [-0.2, 0) is 4.79 Å². The van der Waals surface area contributed by atoms with Gasteiger partial charge in [-0.05, 0) is 18.2 Å². The van der Waals surface area contributed by atoms with Gasteiger partial charge in [0, 0.05) is 12.4 Å². The summed E-state index contributed by atoms with van der Waals surface area (Å²) >= 11 is 0. The lowest BCUT2D eigenvalue weighted by Crippen LogP contribution is -1.90. The van der Waals surface area contributed by atoms with Crippen molar-refractivity contribution in [1.29, 1.82) is 0 Å². The van der Waals surface area contributed by atoms with Gasteiger partial charge >= 0.3 is 0 Å². The second-order valence-corrected chi connectivity index (χ2v) is 2.24. The Balaban J connectivity index is 2.86. The minimum Gasteiger partial charge on any atom is -0.288 e. The lowest BCUT2D eigenvalue weighted by atomic mass is 10.4. The second kappa shape index (κ2) is 2.20. The van der Waals surface area contributed by atoms with Crippen LogP contribution in [0, 0.1) is 0 Å². The minimum absolute atomic E-state index is 0.768. The number of carbonyl (C=O) groups is 1. The maximum Gasteiger partial charge on any atom is 0.218 e. The Bertz CT molecular complexity index is 392. The van der Waals surface area contributed by atoms with Crippen LogP contribution in [0.1, 0.15) is 0 Å². The number of carbonyl (C=O) groups excluding carboxylic acids is 1. The summed E-state index contributed by atoms with van der Waals surface area (Å²) in [5, 5.41) is 0. The summed E-state index contributed by atoms with van der Waals surface area (Å²) in [4.78, 5) is 14.5. The number of pyridine rings is 1. The first-order valence-corrected chi connectivity index (χ1v) is 3.28. The molecule has 0 aliphatic carbocycles. The molecule has 2 rings (SSSR count). The van der Waals surface area contributed by atoms with Crippen molar-refractivity contribution in [2.45, 2.75) is 0 Å². The summed E-state index contributed by atoms with van der Waals surface area (Å²) in [5.74, 6) is 0. The monoisotopic (exact) mass is 146 g/mol. The molecule has 2 aromatic heterocycles. The smallest absolute Gasteiger partial charge is 0.218 e. The van der Waals surface area contributed by atoms with Crippen LogP contribution in [0.25, 0.3) is 11.0 Å². The lowest BCUT2D eigenvalue weighted by Gasteiger charge is -1.90. The first-order valence-electron chi connectivity index (χ1n) is 3.28. The van der Waals surface area contributed by atoms with Gasteiger partial charge in [-0.1, -0.05) is 0 Å². The minimum atomic E-state index is 0.768. The fourth-order valence-corrected chi connectivity index (χ4v) is 1.08. The first kappa shape index (κ1) is 6.09. The van der Waals surface area contributed by atoms with Crippen molar-refractivity contribution >= 4 is 17.4 Å². The number of fused-ring (bicyclic) bond motifs is 1. The van der Waals surface area contributed by atoms with Gasteiger partial charge in [-0.25, -0.2) is 0 Å². The average Bonchev–Trinajstić information content (AvgIpc) is 2.47. The molecule has 11 heavy (non-hydrogen) atoms. The average molecular weight is 146 g/mol. The first-order chi connectivity index (χ1) is 5.42. The fourth-order valence-electron chi connectivity index (χ4n) is 1.08. The van der Waals surface area contributed by atoms with E-state index in [1.807, 2.05) is 18.2 Å². The van der Waals surface area contributed by atoms with Crippen LogP contribution < -0.4 is 0 Å². The number of nitrogens with zero attached hydrogens (tertiary/aromatic N) is 2. The molecule has 0 aromatic carbocycles. The van der Waals surface area contributed by atoms with Crippen molar-refractivity contribution in [1.82, 2.24) is 9.55 Å². The maximum atomic E-state index is 10.4. The third-order valence-corrected chi connectivity index (χ3v) is 1.60. The van der Waals surface area contributed by atoms with E-state index in [0.717, 1.165) is 17.4 Å². The Morgan fingerprint density at radius 1 is 1.45 bits per heavy atom. The van der Waals surface area contributed by atoms with Gasteiger partial charge in [0.15, 0.2) is 0 Å². The molecule has 0 spiro atoms. The summed E-state index contributed by atoms with van der Waals surface area (Å²) < 4.78 is 1.50. The van der Waals surface area contributed by atoms with Crippen molar-refractivity contribution in [2.75, 3.05) is 0 Å². The molecule has 54 valence electrons. The predicted octanol–water partition coefficient (Wildman–Crippen LogP) is 1.07. The fraction of sp³-hybridized carbons (Fsp3) is 0. The summed E-state index contributed by atoms with van der Waals surface area (Å²) in [6.07, 6.45) is 4.17. The molecule has 2 heterocycles. The Morgan fingerprint density at radius 2 is 2.36 bits per heavy atom. The number of hydrogen-bond acceptors (Lipinski definition) is 2. The normalized spacial score (nSPS) is 10.2. The van der Waals surface area contributed by atoms with E-state index in [9.17, 15) is 4.79 Å². The molecule has 0 aliphatic rings. The largest absolute Gasteiger partial charge is 0.288 e. The van der Waals surface area contributed by atoms with Gasteiger partial charge in [0.2, 0.25) is 6.41 Å². The van der Waals surface area contributed by atoms with Crippen LogP contribution in [0.3, 0.4) is 0 Å². The molecule has 3 heteroatoms. The molecule has 0 N–H and O–H groups in total. The molecular weight excluding hydrogens is 140 g/mol. The van der Waals surface area contributed by atoms with Crippen molar-refractivity contribution in [3.8, 4) is 0 Å². The van der Waals surface area contributed by atoms with Gasteiger partial charge in [-0.3, -0.25) is 14.3 Å². The van der Waals surface area contributed by atoms with E-state index in [-0.39, 0.29) is 0 Å². The van der Waals surface area contributed by atoms with Crippen LogP contribution in [0.2, 0.25) is 0 Å². The van der Waals surface area contributed by atoms with Crippen molar-refractivity contribution in [2.24, 2.45) is 0 Å². The SMILES string of the molecule is O=Cn1ccc2ncccc21. The number of aromatic nitrogens is 2. The zero-order valence-corrected chi connectivity index (χ0v) is 5.77. The van der Waals surface area contributed by atoms with E-state index in [1.54, 1.807) is 12.4 Å². The van der Waals surface area contributed by atoms with Gasteiger partial charge < -0.3 is 0 Å². The van der Waals surface area contributed by atoms with Gasteiger partial charge in [-0.2, -0.15) is 0 Å². The molecule has 0 radical (unpaired) electrons. The highest BCUT2D eigenvalue weighted by atomic mass is 16.1.